The van der Waals surface area contributed by atoms with E-state index in [-0.39, 0.29) is 17.9 Å². The van der Waals surface area contributed by atoms with Gasteiger partial charge in [-0.2, -0.15) is 0 Å². The fourth-order valence-corrected chi connectivity index (χ4v) is 2.95. The Labute approximate surface area is 132 Å². The number of rotatable bonds is 5. The van der Waals surface area contributed by atoms with Crippen molar-refractivity contribution in [3.63, 3.8) is 0 Å². The summed E-state index contributed by atoms with van der Waals surface area (Å²) < 4.78 is 5.45. The molecule has 0 saturated carbocycles. The van der Waals surface area contributed by atoms with Crippen LogP contribution in [0.2, 0.25) is 0 Å². The molecule has 5 heteroatoms. The lowest BCUT2D eigenvalue weighted by Gasteiger charge is -2.34. The molecule has 0 aromatic carbocycles. The van der Waals surface area contributed by atoms with E-state index in [1.165, 1.54) is 0 Å². The second kappa shape index (κ2) is 7.47. The molecule has 1 fully saturated rings. The number of hydrogen-bond acceptors (Lipinski definition) is 3. The summed E-state index contributed by atoms with van der Waals surface area (Å²) in [4.78, 5) is 26.9. The third kappa shape index (κ3) is 3.70. The number of carbonyl (C=O) groups is 2. The van der Waals surface area contributed by atoms with Crippen molar-refractivity contribution in [2.45, 2.75) is 58.9 Å². The average Bonchev–Trinajstić information content (AvgIpc) is 2.85. The second-order valence-corrected chi connectivity index (χ2v) is 5.98. The number of piperidine rings is 1. The zero-order valence-corrected chi connectivity index (χ0v) is 13.8. The normalized spacial score (nSPS) is 18.3. The average molecular weight is 306 g/mol. The van der Waals surface area contributed by atoms with Gasteiger partial charge in [0.15, 0.2) is 0 Å². The van der Waals surface area contributed by atoms with Crippen molar-refractivity contribution in [3.8, 4) is 0 Å². The minimum Gasteiger partial charge on any atom is -0.466 e. The molecule has 122 valence electrons. The van der Waals surface area contributed by atoms with Crippen molar-refractivity contribution in [1.29, 1.82) is 0 Å². The van der Waals surface area contributed by atoms with E-state index >= 15 is 0 Å². The molecule has 0 bridgehead atoms. The van der Waals surface area contributed by atoms with Crippen LogP contribution >= 0.6 is 0 Å². The van der Waals surface area contributed by atoms with Crippen LogP contribution in [0.15, 0.2) is 10.5 Å². The van der Waals surface area contributed by atoms with Crippen molar-refractivity contribution in [2.24, 2.45) is 0 Å². The molecule has 22 heavy (non-hydrogen) atoms. The number of likely N-dealkylation sites (tertiary alicyclic amines) is 1. The molecule has 5 nitrogen and oxygen atoms in total. The Balaban J connectivity index is 2.10. The summed E-state index contributed by atoms with van der Waals surface area (Å²) in [5, 5.41) is 2.95. The first-order chi connectivity index (χ1) is 10.5. The van der Waals surface area contributed by atoms with Gasteiger partial charge in [-0.25, -0.2) is 0 Å². The van der Waals surface area contributed by atoms with Gasteiger partial charge in [-0.15, -0.1) is 0 Å². The summed E-state index contributed by atoms with van der Waals surface area (Å²) in [5.74, 6) is 1.23. The Morgan fingerprint density at radius 1 is 1.36 bits per heavy atom. The van der Waals surface area contributed by atoms with E-state index in [9.17, 15) is 9.59 Å². The number of aryl methyl sites for hydroxylation is 2. The van der Waals surface area contributed by atoms with E-state index in [2.05, 4.69) is 12.2 Å². The Kier molecular flexibility index (Phi) is 5.63. The van der Waals surface area contributed by atoms with Gasteiger partial charge in [-0.1, -0.05) is 13.3 Å². The largest absolute Gasteiger partial charge is 0.466 e. The highest BCUT2D eigenvalue weighted by Crippen LogP contribution is 2.23. The first-order valence-electron chi connectivity index (χ1n) is 8.20. The van der Waals surface area contributed by atoms with Crippen LogP contribution in [0, 0.1) is 13.8 Å². The Morgan fingerprint density at radius 2 is 2.14 bits per heavy atom. The predicted molar refractivity (Wildman–Crippen MR) is 84.8 cm³/mol. The zero-order chi connectivity index (χ0) is 16.1. The number of carbonyl (C=O) groups excluding carboxylic acids is 2. The summed E-state index contributed by atoms with van der Waals surface area (Å²) >= 11 is 0. The van der Waals surface area contributed by atoms with Gasteiger partial charge in [0.2, 0.25) is 5.91 Å². The van der Waals surface area contributed by atoms with Gasteiger partial charge in [0, 0.05) is 13.1 Å². The fourth-order valence-electron chi connectivity index (χ4n) is 2.95. The Morgan fingerprint density at radius 3 is 2.77 bits per heavy atom. The highest BCUT2D eigenvalue weighted by Gasteiger charge is 2.33. The first-order valence-corrected chi connectivity index (χ1v) is 8.20. The second-order valence-electron chi connectivity index (χ2n) is 5.98. The maximum atomic E-state index is 12.8. The Bertz CT molecular complexity index is 536. The summed E-state index contributed by atoms with van der Waals surface area (Å²) in [6.45, 7) is 7.02. The number of hydrogen-bond donors (Lipinski definition) is 1. The molecular formula is C17H26N2O3. The van der Waals surface area contributed by atoms with Crippen LogP contribution in [0.1, 0.15) is 60.9 Å². The summed E-state index contributed by atoms with van der Waals surface area (Å²) in [6.07, 6.45) is 4.67. The topological polar surface area (TPSA) is 62.6 Å². The maximum Gasteiger partial charge on any atom is 0.258 e. The van der Waals surface area contributed by atoms with Crippen molar-refractivity contribution >= 4 is 11.8 Å². The van der Waals surface area contributed by atoms with Crippen LogP contribution in [0.4, 0.5) is 0 Å². The minimum absolute atomic E-state index is 0.0284. The molecule has 0 unspecified atom stereocenters. The summed E-state index contributed by atoms with van der Waals surface area (Å²) in [7, 11) is 0. The molecule has 1 aliphatic heterocycles. The number of unbranched alkanes of at least 4 members (excludes halogenated alkanes) is 1. The zero-order valence-electron chi connectivity index (χ0n) is 13.8. The van der Waals surface area contributed by atoms with Crippen molar-refractivity contribution < 1.29 is 14.0 Å². The quantitative estimate of drug-likeness (QED) is 0.851. The Hall–Kier alpha value is -1.78. The smallest absolute Gasteiger partial charge is 0.258 e. The highest BCUT2D eigenvalue weighted by atomic mass is 16.3. The van der Waals surface area contributed by atoms with Gasteiger partial charge in [0.25, 0.3) is 5.91 Å². The van der Waals surface area contributed by atoms with Gasteiger partial charge in [0.05, 0.1) is 5.56 Å². The van der Waals surface area contributed by atoms with Crippen LogP contribution < -0.4 is 5.32 Å². The lowest BCUT2D eigenvalue weighted by Crippen LogP contribution is -2.52. The molecule has 0 spiro atoms. The summed E-state index contributed by atoms with van der Waals surface area (Å²) in [6, 6.07) is 1.41. The highest BCUT2D eigenvalue weighted by molar-refractivity contribution is 5.98. The van der Waals surface area contributed by atoms with Gasteiger partial charge in [-0.05, 0) is 45.6 Å². The van der Waals surface area contributed by atoms with Crippen molar-refractivity contribution in [2.75, 3.05) is 13.1 Å². The van der Waals surface area contributed by atoms with Crippen molar-refractivity contribution in [3.05, 3.63) is 23.2 Å². The van der Waals surface area contributed by atoms with E-state index < -0.39 is 0 Å². The van der Waals surface area contributed by atoms with Gasteiger partial charge in [0.1, 0.15) is 17.6 Å². The minimum atomic E-state index is -0.354. The van der Waals surface area contributed by atoms with Gasteiger partial charge < -0.3 is 14.6 Å². The molecule has 1 aromatic rings. The van der Waals surface area contributed by atoms with Gasteiger partial charge in [-0.3, -0.25) is 9.59 Å². The molecule has 2 rings (SSSR count). The molecular weight excluding hydrogens is 280 g/mol. The lowest BCUT2D eigenvalue weighted by atomic mass is 10.00. The number of furan rings is 1. The van der Waals surface area contributed by atoms with Crippen LogP contribution in [0.25, 0.3) is 0 Å². The molecule has 2 amide bonds. The van der Waals surface area contributed by atoms with E-state index in [4.69, 9.17) is 4.42 Å². The molecule has 1 saturated heterocycles. The van der Waals surface area contributed by atoms with E-state index in [0.717, 1.165) is 37.9 Å². The van der Waals surface area contributed by atoms with E-state index in [1.807, 2.05) is 6.92 Å². The first kappa shape index (κ1) is 16.6. The van der Waals surface area contributed by atoms with Gasteiger partial charge >= 0.3 is 0 Å². The lowest BCUT2D eigenvalue weighted by molar-refractivity contribution is -0.126. The molecule has 2 heterocycles. The number of nitrogens with zero attached hydrogens (tertiary/aromatic N) is 1. The van der Waals surface area contributed by atoms with Crippen LogP contribution in [0.5, 0.6) is 0 Å². The fraction of sp³-hybridized carbons (Fsp3) is 0.647. The summed E-state index contributed by atoms with van der Waals surface area (Å²) in [5.41, 5.74) is 0.575. The molecule has 0 aliphatic carbocycles. The number of nitrogens with one attached hydrogen (secondary N) is 1. The third-order valence-electron chi connectivity index (χ3n) is 4.17. The van der Waals surface area contributed by atoms with Crippen molar-refractivity contribution in [1.82, 2.24) is 10.2 Å². The maximum absolute atomic E-state index is 12.8. The van der Waals surface area contributed by atoms with Crippen LogP contribution in [-0.2, 0) is 4.79 Å². The standard InChI is InChI=1S/C17H26N2O3/c1-4-5-9-18-16(20)15-8-6-7-10-19(15)17(21)14-11-12(2)22-13(14)3/h11,15H,4-10H2,1-3H3,(H,18,20)/t15-/m1/s1. The molecule has 1 N–H and O–H groups in total. The van der Waals surface area contributed by atoms with E-state index in [1.54, 1.807) is 17.9 Å². The molecule has 0 radical (unpaired) electrons. The van der Waals surface area contributed by atoms with Crippen LogP contribution in [-0.4, -0.2) is 35.8 Å². The molecule has 1 aromatic heterocycles. The monoisotopic (exact) mass is 306 g/mol. The van der Waals surface area contributed by atoms with Crippen LogP contribution in [0.3, 0.4) is 0 Å². The SMILES string of the molecule is CCCCNC(=O)[C@H]1CCCCN1C(=O)c1cc(C)oc1C. The van der Waals surface area contributed by atoms with E-state index in [0.29, 0.717) is 24.4 Å². The third-order valence-corrected chi connectivity index (χ3v) is 4.17. The molecule has 1 aliphatic rings. The number of amides is 2. The molecule has 1 atom stereocenters. The predicted octanol–water partition coefficient (Wildman–Crippen LogP) is 2.81.